The summed E-state index contributed by atoms with van der Waals surface area (Å²) in [6.45, 7) is 6.06. The molecule has 0 aromatic carbocycles. The van der Waals surface area contributed by atoms with Crippen LogP contribution < -0.4 is 10.1 Å². The van der Waals surface area contributed by atoms with E-state index in [0.29, 0.717) is 11.8 Å². The Labute approximate surface area is 106 Å². The fourth-order valence-corrected chi connectivity index (χ4v) is 1.72. The topological polar surface area (TPSA) is 75.7 Å². The highest BCUT2D eigenvalue weighted by molar-refractivity contribution is 5.50. The van der Waals surface area contributed by atoms with E-state index in [9.17, 15) is 0 Å². The standard InChI is InChI=1S/C12H17N5O/c1-7(2)10-11(13-4)14-6-15-12(10)18-9-5-8(3)16-17-9/h5-7H,1-4H3,(H,16,17)(H,13,14,15). The van der Waals surface area contributed by atoms with Crippen LogP contribution in [0.2, 0.25) is 0 Å². The van der Waals surface area contributed by atoms with Crippen molar-refractivity contribution < 1.29 is 4.74 Å². The summed E-state index contributed by atoms with van der Waals surface area (Å²) in [6.07, 6.45) is 1.48. The van der Waals surface area contributed by atoms with Gasteiger partial charge in [0.2, 0.25) is 11.8 Å². The van der Waals surface area contributed by atoms with E-state index in [1.807, 2.05) is 20.0 Å². The molecular formula is C12H17N5O. The lowest BCUT2D eigenvalue weighted by Gasteiger charge is -2.14. The van der Waals surface area contributed by atoms with Gasteiger partial charge in [0.1, 0.15) is 12.1 Å². The van der Waals surface area contributed by atoms with Crippen molar-refractivity contribution in [3.63, 3.8) is 0 Å². The Hall–Kier alpha value is -2.11. The molecule has 0 amide bonds. The first-order chi connectivity index (χ1) is 8.61. The molecule has 0 bridgehead atoms. The minimum atomic E-state index is 0.253. The maximum Gasteiger partial charge on any atom is 0.240 e. The molecule has 0 atom stereocenters. The van der Waals surface area contributed by atoms with Crippen LogP contribution in [0.5, 0.6) is 11.8 Å². The molecule has 2 aromatic heterocycles. The van der Waals surface area contributed by atoms with Crippen molar-refractivity contribution in [1.29, 1.82) is 0 Å². The van der Waals surface area contributed by atoms with Gasteiger partial charge in [-0.05, 0) is 12.8 Å². The first-order valence-electron chi connectivity index (χ1n) is 5.84. The Kier molecular flexibility index (Phi) is 3.45. The van der Waals surface area contributed by atoms with Crippen LogP contribution in [-0.2, 0) is 0 Å². The van der Waals surface area contributed by atoms with E-state index >= 15 is 0 Å². The summed E-state index contributed by atoms with van der Waals surface area (Å²) in [5.41, 5.74) is 1.89. The Morgan fingerprint density at radius 3 is 2.67 bits per heavy atom. The van der Waals surface area contributed by atoms with Gasteiger partial charge in [-0.2, -0.15) is 0 Å². The molecule has 0 aliphatic carbocycles. The number of aromatic amines is 1. The largest absolute Gasteiger partial charge is 0.419 e. The van der Waals surface area contributed by atoms with Crippen molar-refractivity contribution in [3.8, 4) is 11.8 Å². The van der Waals surface area contributed by atoms with Crippen molar-refractivity contribution in [2.75, 3.05) is 12.4 Å². The molecule has 2 heterocycles. The van der Waals surface area contributed by atoms with Gasteiger partial charge in [-0.1, -0.05) is 13.8 Å². The number of aromatic nitrogens is 4. The van der Waals surface area contributed by atoms with Crippen LogP contribution in [0, 0.1) is 6.92 Å². The summed E-state index contributed by atoms with van der Waals surface area (Å²) in [5.74, 6) is 2.08. The minimum absolute atomic E-state index is 0.253. The fraction of sp³-hybridized carbons (Fsp3) is 0.417. The van der Waals surface area contributed by atoms with Crippen LogP contribution in [0.15, 0.2) is 12.4 Å². The summed E-state index contributed by atoms with van der Waals surface area (Å²) in [6, 6.07) is 1.82. The van der Waals surface area contributed by atoms with Crippen LogP contribution in [-0.4, -0.2) is 27.2 Å². The number of rotatable bonds is 4. The van der Waals surface area contributed by atoms with E-state index < -0.39 is 0 Å². The molecule has 0 aliphatic rings. The summed E-state index contributed by atoms with van der Waals surface area (Å²) in [5, 5.41) is 9.92. The van der Waals surface area contributed by atoms with Crippen LogP contribution >= 0.6 is 0 Å². The van der Waals surface area contributed by atoms with Gasteiger partial charge in [0.05, 0.1) is 5.56 Å². The lowest BCUT2D eigenvalue weighted by atomic mass is 10.1. The maximum absolute atomic E-state index is 5.70. The molecule has 0 unspecified atom stereocenters. The van der Waals surface area contributed by atoms with Gasteiger partial charge in [0.25, 0.3) is 0 Å². The van der Waals surface area contributed by atoms with E-state index in [4.69, 9.17) is 4.74 Å². The third-order valence-electron chi connectivity index (χ3n) is 2.55. The highest BCUT2D eigenvalue weighted by Gasteiger charge is 2.16. The molecule has 2 N–H and O–H groups in total. The Morgan fingerprint density at radius 1 is 1.33 bits per heavy atom. The highest BCUT2D eigenvalue weighted by atomic mass is 16.5. The zero-order valence-electron chi connectivity index (χ0n) is 11.0. The predicted molar refractivity (Wildman–Crippen MR) is 69.1 cm³/mol. The van der Waals surface area contributed by atoms with Crippen molar-refractivity contribution in [2.24, 2.45) is 0 Å². The van der Waals surface area contributed by atoms with Gasteiger partial charge < -0.3 is 10.1 Å². The molecule has 0 spiro atoms. The number of nitrogens with zero attached hydrogens (tertiary/aromatic N) is 3. The molecule has 6 nitrogen and oxygen atoms in total. The van der Waals surface area contributed by atoms with Crippen LogP contribution in [0.3, 0.4) is 0 Å². The molecule has 18 heavy (non-hydrogen) atoms. The van der Waals surface area contributed by atoms with Crippen molar-refractivity contribution >= 4 is 5.82 Å². The van der Waals surface area contributed by atoms with Gasteiger partial charge in [-0.3, -0.25) is 5.10 Å². The lowest BCUT2D eigenvalue weighted by Crippen LogP contribution is -2.04. The smallest absolute Gasteiger partial charge is 0.240 e. The van der Waals surface area contributed by atoms with E-state index in [-0.39, 0.29) is 5.92 Å². The molecule has 6 heteroatoms. The zero-order valence-corrected chi connectivity index (χ0v) is 11.0. The molecule has 2 aromatic rings. The third-order valence-corrected chi connectivity index (χ3v) is 2.55. The second-order valence-corrected chi connectivity index (χ2v) is 4.34. The molecule has 2 rings (SSSR count). The number of nitrogens with one attached hydrogen (secondary N) is 2. The summed E-state index contributed by atoms with van der Waals surface area (Å²) < 4.78 is 5.70. The van der Waals surface area contributed by atoms with Crippen molar-refractivity contribution in [2.45, 2.75) is 26.7 Å². The summed E-state index contributed by atoms with van der Waals surface area (Å²) >= 11 is 0. The summed E-state index contributed by atoms with van der Waals surface area (Å²) in [4.78, 5) is 8.38. The normalized spacial score (nSPS) is 10.7. The Morgan fingerprint density at radius 2 is 2.11 bits per heavy atom. The molecule has 0 saturated carbocycles. The quantitative estimate of drug-likeness (QED) is 0.868. The van der Waals surface area contributed by atoms with Gasteiger partial charge >= 0.3 is 0 Å². The average Bonchev–Trinajstić information content (AvgIpc) is 2.74. The fourth-order valence-electron chi connectivity index (χ4n) is 1.72. The monoisotopic (exact) mass is 247 g/mol. The van der Waals surface area contributed by atoms with Crippen molar-refractivity contribution in [3.05, 3.63) is 23.7 Å². The summed E-state index contributed by atoms with van der Waals surface area (Å²) in [7, 11) is 1.83. The number of aryl methyl sites for hydroxylation is 1. The van der Waals surface area contributed by atoms with Crippen LogP contribution in [0.4, 0.5) is 5.82 Å². The van der Waals surface area contributed by atoms with E-state index in [1.54, 1.807) is 0 Å². The predicted octanol–water partition coefficient (Wildman–Crippen LogP) is 2.47. The molecule has 0 radical (unpaired) electrons. The Bertz CT molecular complexity index is 535. The Balaban J connectivity index is 2.37. The van der Waals surface area contributed by atoms with E-state index in [1.165, 1.54) is 6.33 Å². The average molecular weight is 247 g/mol. The minimum Gasteiger partial charge on any atom is -0.419 e. The number of ether oxygens (including phenoxy) is 1. The second kappa shape index (κ2) is 5.03. The number of anilines is 1. The number of H-pyrrole nitrogens is 1. The SMILES string of the molecule is CNc1ncnc(Oc2cc(C)[nH]n2)c1C(C)C. The van der Waals surface area contributed by atoms with Gasteiger partial charge in [-0.15, -0.1) is 5.10 Å². The first kappa shape index (κ1) is 12.3. The van der Waals surface area contributed by atoms with Crippen LogP contribution in [0.1, 0.15) is 31.0 Å². The van der Waals surface area contributed by atoms with Crippen molar-refractivity contribution in [1.82, 2.24) is 20.2 Å². The zero-order chi connectivity index (χ0) is 13.1. The maximum atomic E-state index is 5.70. The lowest BCUT2D eigenvalue weighted by molar-refractivity contribution is 0.433. The second-order valence-electron chi connectivity index (χ2n) is 4.34. The highest BCUT2D eigenvalue weighted by Crippen LogP contribution is 2.32. The van der Waals surface area contributed by atoms with Crippen LogP contribution in [0.25, 0.3) is 0 Å². The first-order valence-corrected chi connectivity index (χ1v) is 5.84. The molecular weight excluding hydrogens is 230 g/mol. The number of hydrogen-bond acceptors (Lipinski definition) is 5. The number of hydrogen-bond donors (Lipinski definition) is 2. The third kappa shape index (κ3) is 2.42. The van der Waals surface area contributed by atoms with E-state index in [0.717, 1.165) is 17.1 Å². The molecule has 96 valence electrons. The van der Waals surface area contributed by atoms with Gasteiger partial charge in [0.15, 0.2) is 0 Å². The molecule has 0 fully saturated rings. The van der Waals surface area contributed by atoms with E-state index in [2.05, 4.69) is 39.3 Å². The molecule has 0 aliphatic heterocycles. The van der Waals surface area contributed by atoms with Gasteiger partial charge in [-0.25, -0.2) is 9.97 Å². The molecule has 0 saturated heterocycles. The van der Waals surface area contributed by atoms with Gasteiger partial charge in [0, 0.05) is 18.8 Å².